The van der Waals surface area contributed by atoms with Gasteiger partial charge in [0, 0.05) is 13.0 Å². The first-order valence-electron chi connectivity index (χ1n) is 23.4. The summed E-state index contributed by atoms with van der Waals surface area (Å²) in [5.74, 6) is -0.311. The Morgan fingerprint density at radius 3 is 1.38 bits per heavy atom. The summed E-state index contributed by atoms with van der Waals surface area (Å²) in [6.45, 7) is 5.65. The SMILES string of the molecule is CCCCCCC/C=C\CCCCCCCCOCC(COP(=O)(O)OCC[N+](C)(C)C)OC(=O)CCCCCCCCCCCCCCCCCCCC. The summed E-state index contributed by atoms with van der Waals surface area (Å²) >= 11 is 0. The van der Waals surface area contributed by atoms with E-state index in [0.717, 1.165) is 32.1 Å². The number of rotatable bonds is 44. The maximum absolute atomic E-state index is 12.7. The van der Waals surface area contributed by atoms with E-state index in [1.54, 1.807) is 0 Å². The van der Waals surface area contributed by atoms with Crippen LogP contribution >= 0.6 is 7.82 Å². The molecule has 55 heavy (non-hydrogen) atoms. The number of hydrogen-bond acceptors (Lipinski definition) is 6. The minimum absolute atomic E-state index is 0.0908. The fourth-order valence-corrected chi connectivity index (χ4v) is 7.41. The molecule has 0 saturated heterocycles. The van der Waals surface area contributed by atoms with Crippen LogP contribution in [-0.2, 0) is 27.9 Å². The lowest BCUT2D eigenvalue weighted by Crippen LogP contribution is -2.37. The van der Waals surface area contributed by atoms with E-state index in [0.29, 0.717) is 24.1 Å². The molecule has 328 valence electrons. The van der Waals surface area contributed by atoms with E-state index < -0.39 is 13.9 Å². The van der Waals surface area contributed by atoms with E-state index in [4.69, 9.17) is 18.5 Å². The molecule has 0 radical (unpaired) electrons. The maximum Gasteiger partial charge on any atom is 0.472 e. The molecule has 0 amide bonds. The molecule has 9 heteroatoms. The lowest BCUT2D eigenvalue weighted by atomic mass is 10.0. The Hall–Kier alpha value is -0.760. The van der Waals surface area contributed by atoms with Gasteiger partial charge in [0.25, 0.3) is 0 Å². The maximum atomic E-state index is 12.7. The van der Waals surface area contributed by atoms with Gasteiger partial charge in [-0.1, -0.05) is 187 Å². The van der Waals surface area contributed by atoms with E-state index in [2.05, 4.69) is 26.0 Å². The second-order valence-electron chi connectivity index (χ2n) is 17.1. The van der Waals surface area contributed by atoms with Crippen molar-refractivity contribution in [1.82, 2.24) is 0 Å². The number of phosphoric ester groups is 1. The Morgan fingerprint density at radius 1 is 0.545 bits per heavy atom. The second-order valence-corrected chi connectivity index (χ2v) is 18.6. The van der Waals surface area contributed by atoms with Crippen molar-refractivity contribution in [1.29, 1.82) is 0 Å². The highest BCUT2D eigenvalue weighted by molar-refractivity contribution is 7.47. The zero-order valence-corrected chi connectivity index (χ0v) is 38.1. The molecular weight excluding hydrogens is 709 g/mol. The van der Waals surface area contributed by atoms with Crippen molar-refractivity contribution >= 4 is 13.8 Å². The van der Waals surface area contributed by atoms with Crippen LogP contribution in [0.15, 0.2) is 12.2 Å². The molecule has 8 nitrogen and oxygen atoms in total. The van der Waals surface area contributed by atoms with Gasteiger partial charge in [0.15, 0.2) is 0 Å². The summed E-state index contributed by atoms with van der Waals surface area (Å²) in [6.07, 6.45) is 43.8. The first kappa shape index (κ1) is 54.2. The van der Waals surface area contributed by atoms with Crippen molar-refractivity contribution in [2.75, 3.05) is 54.1 Å². The van der Waals surface area contributed by atoms with Crippen LogP contribution < -0.4 is 0 Å². The van der Waals surface area contributed by atoms with Gasteiger partial charge in [0.05, 0.1) is 34.4 Å². The third-order valence-corrected chi connectivity index (χ3v) is 11.3. The standard InChI is InChI=1S/C46H92NO7P/c1-6-8-10-12-14-16-18-20-22-23-24-25-27-29-31-33-35-37-39-46(48)54-45(44-53-55(49,50)52-42-40-47(3,4)5)43-51-41-38-36-34-32-30-28-26-21-19-17-15-13-11-9-7-2/h19,21,45H,6-18,20,22-44H2,1-5H3/p+1/b21-19-. The summed E-state index contributed by atoms with van der Waals surface area (Å²) in [5, 5.41) is 0. The highest BCUT2D eigenvalue weighted by Crippen LogP contribution is 2.43. The van der Waals surface area contributed by atoms with Crippen LogP contribution in [0.3, 0.4) is 0 Å². The van der Waals surface area contributed by atoms with E-state index in [-0.39, 0.29) is 25.8 Å². The Balaban J connectivity index is 4.17. The molecule has 0 aromatic carbocycles. The summed E-state index contributed by atoms with van der Waals surface area (Å²) in [7, 11) is 1.68. The minimum atomic E-state index is -4.27. The first-order valence-corrected chi connectivity index (χ1v) is 24.9. The molecule has 0 rings (SSSR count). The van der Waals surface area contributed by atoms with Crippen LogP contribution in [0.2, 0.25) is 0 Å². The van der Waals surface area contributed by atoms with Crippen LogP contribution in [0.25, 0.3) is 0 Å². The van der Waals surface area contributed by atoms with E-state index in [1.807, 2.05) is 21.1 Å². The molecule has 0 aromatic heterocycles. The van der Waals surface area contributed by atoms with E-state index in [1.165, 1.54) is 167 Å². The van der Waals surface area contributed by atoms with Crippen LogP contribution in [0.5, 0.6) is 0 Å². The van der Waals surface area contributed by atoms with Gasteiger partial charge >= 0.3 is 13.8 Å². The summed E-state index contributed by atoms with van der Waals surface area (Å²) < 4.78 is 35.0. The lowest BCUT2D eigenvalue weighted by Gasteiger charge is -2.24. The molecule has 2 unspecified atom stereocenters. The third kappa shape index (κ3) is 44.2. The predicted octanol–water partition coefficient (Wildman–Crippen LogP) is 13.8. The zero-order valence-electron chi connectivity index (χ0n) is 37.2. The van der Waals surface area contributed by atoms with Crippen molar-refractivity contribution in [3.05, 3.63) is 12.2 Å². The fraction of sp³-hybridized carbons (Fsp3) is 0.935. The van der Waals surface area contributed by atoms with Crippen molar-refractivity contribution in [3.63, 3.8) is 0 Å². The number of ether oxygens (including phenoxy) is 2. The third-order valence-electron chi connectivity index (χ3n) is 10.3. The average Bonchev–Trinajstić information content (AvgIpc) is 3.13. The van der Waals surface area contributed by atoms with Gasteiger partial charge in [-0.25, -0.2) is 4.57 Å². The Morgan fingerprint density at radius 2 is 0.945 bits per heavy atom. The van der Waals surface area contributed by atoms with Crippen LogP contribution in [0.4, 0.5) is 0 Å². The molecular formula is C46H93NO7P+. The molecule has 0 saturated carbocycles. The highest BCUT2D eigenvalue weighted by Gasteiger charge is 2.26. The van der Waals surface area contributed by atoms with Gasteiger partial charge in [0.1, 0.15) is 19.3 Å². The molecule has 0 heterocycles. The van der Waals surface area contributed by atoms with Gasteiger partial charge in [-0.15, -0.1) is 0 Å². The number of likely N-dealkylation sites (N-methyl/N-ethyl adjacent to an activating group) is 1. The molecule has 1 N–H and O–H groups in total. The van der Waals surface area contributed by atoms with Crippen LogP contribution in [0.1, 0.15) is 219 Å². The molecule has 0 fully saturated rings. The topological polar surface area (TPSA) is 91.3 Å². The number of carbonyl (C=O) groups is 1. The predicted molar refractivity (Wildman–Crippen MR) is 234 cm³/mol. The van der Waals surface area contributed by atoms with Gasteiger partial charge in [-0.05, 0) is 38.5 Å². The molecule has 0 aliphatic heterocycles. The van der Waals surface area contributed by atoms with Gasteiger partial charge in [-0.2, -0.15) is 0 Å². The van der Waals surface area contributed by atoms with Crippen molar-refractivity contribution in [3.8, 4) is 0 Å². The number of esters is 1. The van der Waals surface area contributed by atoms with E-state index in [9.17, 15) is 14.3 Å². The van der Waals surface area contributed by atoms with Crippen LogP contribution in [-0.4, -0.2) is 75.6 Å². The van der Waals surface area contributed by atoms with Crippen molar-refractivity contribution < 1.29 is 37.3 Å². The number of phosphoric acid groups is 1. The molecule has 0 aromatic rings. The Kier molecular flexibility index (Phi) is 39.5. The van der Waals surface area contributed by atoms with E-state index >= 15 is 0 Å². The summed E-state index contributed by atoms with van der Waals surface area (Å²) in [6, 6.07) is 0. The number of hydrogen-bond donors (Lipinski definition) is 1. The quantitative estimate of drug-likeness (QED) is 0.0216. The number of carbonyl (C=O) groups excluding carboxylic acids is 1. The van der Waals surface area contributed by atoms with Gasteiger partial charge < -0.3 is 18.9 Å². The highest BCUT2D eigenvalue weighted by atomic mass is 31.2. The number of unbranched alkanes of at least 4 members (excludes halogenated alkanes) is 28. The fourth-order valence-electron chi connectivity index (χ4n) is 6.67. The molecule has 0 aliphatic carbocycles. The molecule has 0 bridgehead atoms. The summed E-state index contributed by atoms with van der Waals surface area (Å²) in [4.78, 5) is 22.9. The lowest BCUT2D eigenvalue weighted by molar-refractivity contribution is -0.870. The van der Waals surface area contributed by atoms with Gasteiger partial charge in [0.2, 0.25) is 0 Å². The molecule has 0 spiro atoms. The van der Waals surface area contributed by atoms with Crippen LogP contribution in [0, 0.1) is 0 Å². The molecule has 2 atom stereocenters. The number of quaternary nitrogens is 1. The Labute approximate surface area is 341 Å². The zero-order chi connectivity index (χ0) is 40.6. The number of allylic oxidation sites excluding steroid dienone is 2. The monoisotopic (exact) mass is 803 g/mol. The largest absolute Gasteiger partial charge is 0.472 e. The normalized spacial score (nSPS) is 13.8. The molecule has 0 aliphatic rings. The first-order chi connectivity index (χ1) is 26.6. The second kappa shape index (κ2) is 40.0. The smallest absolute Gasteiger partial charge is 0.457 e. The Bertz CT molecular complexity index is 894. The van der Waals surface area contributed by atoms with Crippen molar-refractivity contribution in [2.45, 2.75) is 225 Å². The average molecular weight is 803 g/mol. The minimum Gasteiger partial charge on any atom is -0.457 e. The number of nitrogens with zero attached hydrogens (tertiary/aromatic N) is 1. The van der Waals surface area contributed by atoms with Gasteiger partial charge in [-0.3, -0.25) is 13.8 Å². The van der Waals surface area contributed by atoms with Crippen molar-refractivity contribution in [2.24, 2.45) is 0 Å². The summed E-state index contributed by atoms with van der Waals surface area (Å²) in [5.41, 5.74) is 0.